The third-order valence-electron chi connectivity index (χ3n) is 3.82. The first-order chi connectivity index (χ1) is 12.8. The van der Waals surface area contributed by atoms with Gasteiger partial charge in [-0.3, -0.25) is 14.9 Å². The van der Waals surface area contributed by atoms with E-state index in [1.165, 1.54) is 18.2 Å². The number of nitro benzene ring substituents is 1. The Balaban J connectivity index is 1.99. The molecule has 1 aromatic carbocycles. The minimum atomic E-state index is -0.616. The van der Waals surface area contributed by atoms with E-state index in [-0.39, 0.29) is 21.3 Å². The van der Waals surface area contributed by atoms with Crippen LogP contribution < -0.4 is 11.1 Å². The molecule has 0 saturated heterocycles. The van der Waals surface area contributed by atoms with Crippen molar-refractivity contribution in [3.8, 4) is 0 Å². The van der Waals surface area contributed by atoms with Crippen molar-refractivity contribution in [3.63, 3.8) is 0 Å². The van der Waals surface area contributed by atoms with Crippen molar-refractivity contribution in [1.82, 2.24) is 4.98 Å². The molecule has 3 rings (SSSR count). The van der Waals surface area contributed by atoms with Crippen LogP contribution in [0.25, 0.3) is 10.2 Å². The van der Waals surface area contributed by atoms with Crippen molar-refractivity contribution in [3.05, 3.63) is 55.5 Å². The molecule has 0 unspecified atom stereocenters. The fraction of sp³-hybridized carbons (Fsp3) is 0.176. The summed E-state index contributed by atoms with van der Waals surface area (Å²) in [5.41, 5.74) is 8.09. The molecule has 0 spiro atoms. The summed E-state index contributed by atoms with van der Waals surface area (Å²) in [6, 6.07) is 5.89. The van der Waals surface area contributed by atoms with Gasteiger partial charge < -0.3 is 15.8 Å². The number of nitrogens with two attached hydrogens (primary N) is 1. The first-order valence-electron chi connectivity index (χ1n) is 7.74. The number of aryl methyl sites for hydroxylation is 1. The molecule has 2 heterocycles. The smallest absolute Gasteiger partial charge is 0.289 e. The number of halogens is 1. The SMILES string of the molecule is COCc1cc(C)nc2sc(C(=O)Nc3ccc(Cl)c([N+](=O)[O-])c3)c(N)c12. The highest BCUT2D eigenvalue weighted by Gasteiger charge is 2.21. The van der Waals surface area contributed by atoms with Crippen molar-refractivity contribution >= 4 is 56.1 Å². The zero-order valence-electron chi connectivity index (χ0n) is 14.4. The summed E-state index contributed by atoms with van der Waals surface area (Å²) >= 11 is 6.95. The summed E-state index contributed by atoms with van der Waals surface area (Å²) < 4.78 is 5.20. The quantitative estimate of drug-likeness (QED) is 0.485. The third kappa shape index (κ3) is 3.70. The van der Waals surface area contributed by atoms with E-state index in [9.17, 15) is 14.9 Å². The van der Waals surface area contributed by atoms with E-state index >= 15 is 0 Å². The van der Waals surface area contributed by atoms with Gasteiger partial charge in [0.25, 0.3) is 11.6 Å². The van der Waals surface area contributed by atoms with Crippen LogP contribution in [0, 0.1) is 17.0 Å². The van der Waals surface area contributed by atoms with E-state index in [1.54, 1.807) is 7.11 Å². The van der Waals surface area contributed by atoms with Crippen molar-refractivity contribution < 1.29 is 14.5 Å². The van der Waals surface area contributed by atoms with Crippen LogP contribution in [0.5, 0.6) is 0 Å². The number of amides is 1. The Labute approximate surface area is 163 Å². The zero-order valence-corrected chi connectivity index (χ0v) is 16.0. The van der Waals surface area contributed by atoms with Crippen LogP contribution in [-0.4, -0.2) is 22.9 Å². The van der Waals surface area contributed by atoms with Gasteiger partial charge in [-0.2, -0.15) is 0 Å². The molecule has 0 aliphatic carbocycles. The average Bonchev–Trinajstić information content (AvgIpc) is 2.93. The fourth-order valence-corrected chi connectivity index (χ4v) is 3.96. The highest BCUT2D eigenvalue weighted by molar-refractivity contribution is 7.21. The number of ether oxygens (including phenoxy) is 1. The summed E-state index contributed by atoms with van der Waals surface area (Å²) in [5.74, 6) is -0.479. The van der Waals surface area contributed by atoms with Gasteiger partial charge in [-0.25, -0.2) is 4.98 Å². The lowest BCUT2D eigenvalue weighted by molar-refractivity contribution is -0.384. The number of hydrogen-bond acceptors (Lipinski definition) is 7. The van der Waals surface area contributed by atoms with E-state index in [0.29, 0.717) is 22.5 Å². The van der Waals surface area contributed by atoms with E-state index in [4.69, 9.17) is 22.1 Å². The third-order valence-corrected chi connectivity index (χ3v) is 5.23. The molecule has 3 aromatic rings. The van der Waals surface area contributed by atoms with Crippen LogP contribution in [-0.2, 0) is 11.3 Å². The van der Waals surface area contributed by atoms with Crippen LogP contribution in [0.2, 0.25) is 5.02 Å². The van der Waals surface area contributed by atoms with Crippen LogP contribution >= 0.6 is 22.9 Å². The first kappa shape index (κ1) is 19.0. The number of nitrogens with zero attached hydrogens (tertiary/aromatic N) is 2. The number of fused-ring (bicyclic) bond motifs is 1. The van der Waals surface area contributed by atoms with Crippen molar-refractivity contribution in [2.45, 2.75) is 13.5 Å². The highest BCUT2D eigenvalue weighted by Crippen LogP contribution is 2.36. The molecule has 2 aromatic heterocycles. The molecule has 0 saturated carbocycles. The molecule has 1 amide bonds. The molecule has 0 bridgehead atoms. The lowest BCUT2D eigenvalue weighted by Crippen LogP contribution is -2.12. The van der Waals surface area contributed by atoms with E-state index in [2.05, 4.69) is 10.3 Å². The molecule has 0 radical (unpaired) electrons. The number of thiophene rings is 1. The standard InChI is InChI=1S/C17H15ClN4O4S/c1-8-5-9(7-26-2)13-14(19)15(27-17(13)20-8)16(23)21-10-3-4-11(18)12(6-10)22(24)25/h3-6H,7,19H2,1-2H3,(H,21,23). The van der Waals surface area contributed by atoms with Crippen molar-refractivity contribution in [2.75, 3.05) is 18.2 Å². The van der Waals surface area contributed by atoms with Gasteiger partial charge in [-0.15, -0.1) is 11.3 Å². The number of benzene rings is 1. The second-order valence-corrected chi connectivity index (χ2v) is 7.16. The largest absolute Gasteiger partial charge is 0.397 e. The maximum absolute atomic E-state index is 12.7. The molecule has 0 fully saturated rings. The van der Waals surface area contributed by atoms with Gasteiger partial charge in [0.15, 0.2) is 0 Å². The number of anilines is 2. The van der Waals surface area contributed by atoms with Crippen molar-refractivity contribution in [1.29, 1.82) is 0 Å². The lowest BCUT2D eigenvalue weighted by Gasteiger charge is -2.06. The van der Waals surface area contributed by atoms with Gasteiger partial charge in [0.2, 0.25) is 0 Å². The summed E-state index contributed by atoms with van der Waals surface area (Å²) in [6.45, 7) is 2.19. The highest BCUT2D eigenvalue weighted by atomic mass is 35.5. The second kappa shape index (κ2) is 7.47. The molecular weight excluding hydrogens is 392 g/mol. The summed E-state index contributed by atoms with van der Waals surface area (Å²) in [7, 11) is 1.57. The summed E-state index contributed by atoms with van der Waals surface area (Å²) in [5, 5.41) is 14.3. The van der Waals surface area contributed by atoms with E-state index < -0.39 is 10.8 Å². The minimum Gasteiger partial charge on any atom is -0.397 e. The van der Waals surface area contributed by atoms with Crippen molar-refractivity contribution in [2.24, 2.45) is 0 Å². The normalized spacial score (nSPS) is 10.9. The number of nitro groups is 1. The van der Waals surface area contributed by atoms with Gasteiger partial charge in [-0.05, 0) is 30.7 Å². The summed E-state index contributed by atoms with van der Waals surface area (Å²) in [6.07, 6.45) is 0. The average molecular weight is 407 g/mol. The Morgan fingerprint density at radius 3 is 2.85 bits per heavy atom. The van der Waals surface area contributed by atoms with E-state index in [0.717, 1.165) is 22.6 Å². The monoisotopic (exact) mass is 406 g/mol. The molecule has 27 heavy (non-hydrogen) atoms. The number of aromatic nitrogens is 1. The number of hydrogen-bond donors (Lipinski definition) is 2. The summed E-state index contributed by atoms with van der Waals surface area (Å²) in [4.78, 5) is 28.4. The number of pyridine rings is 1. The molecule has 8 nitrogen and oxygen atoms in total. The minimum absolute atomic E-state index is 0.0109. The number of nitrogen functional groups attached to an aromatic ring is 1. The first-order valence-corrected chi connectivity index (χ1v) is 8.94. The van der Waals surface area contributed by atoms with Gasteiger partial charge >= 0.3 is 0 Å². The molecule has 0 aliphatic rings. The lowest BCUT2D eigenvalue weighted by atomic mass is 10.1. The van der Waals surface area contributed by atoms with Crippen LogP contribution in [0.15, 0.2) is 24.3 Å². The predicted octanol–water partition coefficient (Wildman–Crippen LogP) is 4.15. The Morgan fingerprint density at radius 2 is 2.19 bits per heavy atom. The predicted molar refractivity (Wildman–Crippen MR) is 106 cm³/mol. The van der Waals surface area contributed by atoms with Crippen LogP contribution in [0.3, 0.4) is 0 Å². The maximum atomic E-state index is 12.7. The Morgan fingerprint density at radius 1 is 1.44 bits per heavy atom. The Kier molecular flexibility index (Phi) is 5.26. The molecular formula is C17H15ClN4O4S. The number of carbonyl (C=O) groups excluding carboxylic acids is 1. The number of carbonyl (C=O) groups is 1. The number of rotatable bonds is 5. The van der Waals surface area contributed by atoms with Crippen LogP contribution in [0.4, 0.5) is 17.1 Å². The van der Waals surface area contributed by atoms with Crippen LogP contribution in [0.1, 0.15) is 20.9 Å². The van der Waals surface area contributed by atoms with Gasteiger partial charge in [0.05, 0.1) is 17.2 Å². The van der Waals surface area contributed by atoms with Gasteiger partial charge in [0.1, 0.15) is 14.7 Å². The van der Waals surface area contributed by atoms with Gasteiger partial charge in [0, 0.05) is 29.9 Å². The topological polar surface area (TPSA) is 120 Å². The van der Waals surface area contributed by atoms with Gasteiger partial charge in [-0.1, -0.05) is 11.6 Å². The number of methoxy groups -OCH3 is 1. The number of nitrogens with one attached hydrogen (secondary N) is 1. The second-order valence-electron chi connectivity index (χ2n) is 5.76. The maximum Gasteiger partial charge on any atom is 0.289 e. The molecule has 140 valence electrons. The Bertz CT molecular complexity index is 1070. The Hall–Kier alpha value is -2.75. The fourth-order valence-electron chi connectivity index (χ4n) is 2.69. The molecule has 10 heteroatoms. The molecule has 0 aliphatic heterocycles. The van der Waals surface area contributed by atoms with E-state index in [1.807, 2.05) is 13.0 Å². The molecule has 0 atom stereocenters. The molecule has 3 N–H and O–H groups in total. The zero-order chi connectivity index (χ0) is 19.7.